The number of aromatic nitrogens is 2. The number of amides is 1. The molecule has 0 atom stereocenters. The van der Waals surface area contributed by atoms with Gasteiger partial charge < -0.3 is 9.42 Å². The van der Waals surface area contributed by atoms with Gasteiger partial charge in [-0.05, 0) is 61.8 Å². The first-order chi connectivity index (χ1) is 13.7. The zero-order chi connectivity index (χ0) is 18.7. The Hall–Kier alpha value is -2.17. The number of rotatable bonds is 4. The normalized spacial score (nSPS) is 33.9. The second-order valence-corrected chi connectivity index (χ2v) is 9.82. The third-order valence-electron chi connectivity index (χ3n) is 7.70. The summed E-state index contributed by atoms with van der Waals surface area (Å²) in [4.78, 5) is 20.0. The van der Waals surface area contributed by atoms with E-state index >= 15 is 0 Å². The Labute approximate surface area is 165 Å². The van der Waals surface area contributed by atoms with Crippen molar-refractivity contribution in [2.24, 2.45) is 23.2 Å². The van der Waals surface area contributed by atoms with E-state index in [9.17, 15) is 4.79 Å². The Kier molecular flexibility index (Phi) is 3.69. The summed E-state index contributed by atoms with van der Waals surface area (Å²) in [5.41, 5.74) is 1.15. The SMILES string of the molecule is O=C(N1CC(c2nc(Cc3ccccc3)no2)C1)C12CC3CC(CC(C3)C1)C2. The van der Waals surface area contributed by atoms with Gasteiger partial charge in [-0.15, -0.1) is 0 Å². The fourth-order valence-electron chi connectivity index (χ4n) is 6.79. The Morgan fingerprint density at radius 3 is 2.32 bits per heavy atom. The number of benzene rings is 1. The van der Waals surface area contributed by atoms with E-state index in [0.29, 0.717) is 18.2 Å². The molecule has 7 rings (SSSR count). The van der Waals surface area contributed by atoms with Crippen molar-refractivity contribution in [1.29, 1.82) is 0 Å². The predicted octanol–water partition coefficient (Wildman–Crippen LogP) is 3.80. The highest BCUT2D eigenvalue weighted by molar-refractivity contribution is 5.84. The summed E-state index contributed by atoms with van der Waals surface area (Å²) in [6.07, 6.45) is 8.24. The fraction of sp³-hybridized carbons (Fsp3) is 0.609. The van der Waals surface area contributed by atoms with Crippen LogP contribution in [0.4, 0.5) is 0 Å². The first-order valence-corrected chi connectivity index (χ1v) is 10.8. The summed E-state index contributed by atoms with van der Waals surface area (Å²) in [6.45, 7) is 1.49. The van der Waals surface area contributed by atoms with Gasteiger partial charge in [0.15, 0.2) is 5.82 Å². The van der Waals surface area contributed by atoms with Crippen LogP contribution in [0.5, 0.6) is 0 Å². The topological polar surface area (TPSA) is 59.2 Å². The molecular weight excluding hydrogens is 350 g/mol. The maximum absolute atomic E-state index is 13.4. The zero-order valence-corrected chi connectivity index (χ0v) is 16.2. The van der Waals surface area contributed by atoms with Gasteiger partial charge in [-0.2, -0.15) is 4.98 Å². The Morgan fingerprint density at radius 1 is 1.04 bits per heavy atom. The van der Waals surface area contributed by atoms with Crippen LogP contribution in [0.1, 0.15) is 61.7 Å². The maximum Gasteiger partial charge on any atom is 0.233 e. The summed E-state index contributed by atoms with van der Waals surface area (Å²) in [6, 6.07) is 10.2. The van der Waals surface area contributed by atoms with Crippen molar-refractivity contribution in [3.63, 3.8) is 0 Å². The third-order valence-corrected chi connectivity index (χ3v) is 7.70. The van der Waals surface area contributed by atoms with E-state index in [4.69, 9.17) is 4.52 Å². The van der Waals surface area contributed by atoms with Crippen LogP contribution in [0, 0.1) is 23.2 Å². The molecule has 1 aromatic carbocycles. The molecule has 0 radical (unpaired) electrons. The summed E-state index contributed by atoms with van der Waals surface area (Å²) in [5, 5.41) is 4.15. The number of hydrogen-bond donors (Lipinski definition) is 0. The number of likely N-dealkylation sites (tertiary alicyclic amines) is 1. The van der Waals surface area contributed by atoms with Crippen molar-refractivity contribution in [3.8, 4) is 0 Å². The van der Waals surface area contributed by atoms with Crippen molar-refractivity contribution < 1.29 is 9.32 Å². The second kappa shape index (κ2) is 6.16. The van der Waals surface area contributed by atoms with Gasteiger partial charge in [0.1, 0.15) is 0 Å². The molecule has 28 heavy (non-hydrogen) atoms. The fourth-order valence-corrected chi connectivity index (χ4v) is 6.79. The largest absolute Gasteiger partial charge is 0.340 e. The van der Waals surface area contributed by atoms with Crippen LogP contribution < -0.4 is 0 Å². The van der Waals surface area contributed by atoms with Crippen molar-refractivity contribution in [2.45, 2.75) is 50.9 Å². The highest BCUT2D eigenvalue weighted by atomic mass is 16.5. The van der Waals surface area contributed by atoms with Gasteiger partial charge in [0.05, 0.1) is 11.3 Å². The monoisotopic (exact) mass is 377 g/mol. The van der Waals surface area contributed by atoms with E-state index in [1.54, 1.807) is 0 Å². The van der Waals surface area contributed by atoms with E-state index in [2.05, 4.69) is 27.2 Å². The summed E-state index contributed by atoms with van der Waals surface area (Å²) < 4.78 is 5.52. The zero-order valence-electron chi connectivity index (χ0n) is 16.2. The van der Waals surface area contributed by atoms with Gasteiger partial charge in [-0.25, -0.2) is 0 Å². The Morgan fingerprint density at radius 2 is 1.68 bits per heavy atom. The van der Waals surface area contributed by atoms with Gasteiger partial charge in [0, 0.05) is 19.5 Å². The molecule has 2 heterocycles. The van der Waals surface area contributed by atoms with Crippen LogP contribution >= 0.6 is 0 Å². The molecule has 5 heteroatoms. The Bertz CT molecular complexity index is 849. The van der Waals surface area contributed by atoms with Gasteiger partial charge in [0.2, 0.25) is 11.8 Å². The van der Waals surface area contributed by atoms with Crippen molar-refractivity contribution in [2.75, 3.05) is 13.1 Å². The minimum absolute atomic E-state index is 0.0347. The third kappa shape index (κ3) is 2.70. The van der Waals surface area contributed by atoms with Gasteiger partial charge in [0.25, 0.3) is 0 Å². The van der Waals surface area contributed by atoms with E-state index in [1.165, 1.54) is 24.8 Å². The molecule has 1 amide bonds. The average molecular weight is 377 g/mol. The second-order valence-electron chi connectivity index (χ2n) is 9.82. The van der Waals surface area contributed by atoms with Crippen molar-refractivity contribution >= 4 is 5.91 Å². The lowest BCUT2D eigenvalue weighted by molar-refractivity contribution is -0.162. The molecule has 5 nitrogen and oxygen atoms in total. The highest BCUT2D eigenvalue weighted by Crippen LogP contribution is 2.60. The summed E-state index contributed by atoms with van der Waals surface area (Å²) in [7, 11) is 0. The number of carbonyl (C=O) groups is 1. The standard InChI is InChI=1S/C23H27N3O2/c27-22(23-10-16-6-17(11-23)8-18(7-16)12-23)26-13-19(14-26)21-24-20(25-28-21)9-15-4-2-1-3-5-15/h1-5,16-19H,6-14H2. The molecule has 4 saturated carbocycles. The first-order valence-electron chi connectivity index (χ1n) is 10.8. The lowest BCUT2D eigenvalue weighted by Crippen LogP contribution is -2.59. The van der Waals surface area contributed by atoms with Crippen LogP contribution in [0.15, 0.2) is 34.9 Å². The van der Waals surface area contributed by atoms with Crippen LogP contribution in [0.3, 0.4) is 0 Å². The lowest BCUT2D eigenvalue weighted by Gasteiger charge is -2.57. The molecule has 4 aliphatic carbocycles. The maximum atomic E-state index is 13.4. The minimum atomic E-state index is -0.0347. The van der Waals surface area contributed by atoms with Crippen LogP contribution in [0.2, 0.25) is 0 Å². The molecule has 1 saturated heterocycles. The molecule has 5 aliphatic rings. The Balaban J connectivity index is 1.10. The molecule has 1 aromatic heterocycles. The number of carbonyl (C=O) groups excluding carboxylic acids is 1. The van der Waals surface area contributed by atoms with Crippen LogP contribution in [0.25, 0.3) is 0 Å². The number of hydrogen-bond acceptors (Lipinski definition) is 4. The average Bonchev–Trinajstić information content (AvgIpc) is 3.08. The summed E-state index contributed by atoms with van der Waals surface area (Å²) >= 11 is 0. The predicted molar refractivity (Wildman–Crippen MR) is 103 cm³/mol. The molecule has 4 bridgehead atoms. The van der Waals surface area contributed by atoms with Crippen LogP contribution in [-0.4, -0.2) is 34.0 Å². The molecule has 2 aromatic rings. The molecule has 1 aliphatic heterocycles. The van der Waals surface area contributed by atoms with E-state index in [0.717, 1.165) is 55.9 Å². The van der Waals surface area contributed by atoms with Gasteiger partial charge in [-0.3, -0.25) is 4.79 Å². The number of nitrogens with zero attached hydrogens (tertiary/aromatic N) is 3. The molecule has 146 valence electrons. The first kappa shape index (κ1) is 16.8. The summed E-state index contributed by atoms with van der Waals surface area (Å²) in [5.74, 6) is 4.48. The van der Waals surface area contributed by atoms with Crippen molar-refractivity contribution in [3.05, 3.63) is 47.6 Å². The van der Waals surface area contributed by atoms with E-state index < -0.39 is 0 Å². The molecule has 0 unspecified atom stereocenters. The van der Waals surface area contributed by atoms with Gasteiger partial charge in [-0.1, -0.05) is 35.5 Å². The van der Waals surface area contributed by atoms with Crippen molar-refractivity contribution in [1.82, 2.24) is 15.0 Å². The highest BCUT2D eigenvalue weighted by Gasteiger charge is 2.56. The molecular formula is C23H27N3O2. The molecule has 0 N–H and O–H groups in total. The molecule has 0 spiro atoms. The smallest absolute Gasteiger partial charge is 0.233 e. The van der Waals surface area contributed by atoms with E-state index in [1.807, 2.05) is 18.2 Å². The quantitative estimate of drug-likeness (QED) is 0.813. The van der Waals surface area contributed by atoms with Gasteiger partial charge >= 0.3 is 0 Å². The lowest BCUT2D eigenvalue weighted by atomic mass is 9.49. The minimum Gasteiger partial charge on any atom is -0.340 e. The molecule has 5 fully saturated rings. The van der Waals surface area contributed by atoms with Crippen LogP contribution in [-0.2, 0) is 11.2 Å². The van der Waals surface area contributed by atoms with E-state index in [-0.39, 0.29) is 11.3 Å².